The smallest absolute Gasteiger partial charge is 0.251 e. The highest BCUT2D eigenvalue weighted by Gasteiger charge is 2.14. The Morgan fingerprint density at radius 3 is 2.29 bits per heavy atom. The molecule has 0 aliphatic carbocycles. The average Bonchev–Trinajstić information content (AvgIpc) is 3.36. The van der Waals surface area contributed by atoms with Gasteiger partial charge in [0.15, 0.2) is 5.84 Å². The Balaban J connectivity index is 1.59. The number of nitrogens with zero attached hydrogens (tertiary/aromatic N) is 5. The van der Waals surface area contributed by atoms with Gasteiger partial charge >= 0.3 is 0 Å². The fourth-order valence-corrected chi connectivity index (χ4v) is 4.10. The van der Waals surface area contributed by atoms with Crippen LogP contribution in [0.3, 0.4) is 0 Å². The van der Waals surface area contributed by atoms with Gasteiger partial charge in [-0.2, -0.15) is 10.2 Å². The second-order valence-electron chi connectivity index (χ2n) is 8.25. The fraction of sp³-hybridized carbons (Fsp3) is 0.179. The van der Waals surface area contributed by atoms with Crippen molar-refractivity contribution in [2.75, 3.05) is 27.7 Å². The minimum absolute atomic E-state index is 0.197. The highest BCUT2D eigenvalue weighted by atomic mass is 35.5. The number of azo groups is 1. The molecule has 194 valence electrons. The highest BCUT2D eigenvalue weighted by molar-refractivity contribution is 6.42. The summed E-state index contributed by atoms with van der Waals surface area (Å²) >= 11 is 12.5. The van der Waals surface area contributed by atoms with Crippen LogP contribution in [0.2, 0.25) is 10.0 Å². The Hall–Kier alpha value is -4.01. The number of hydrogen-bond acceptors (Lipinski definition) is 5. The van der Waals surface area contributed by atoms with Crippen molar-refractivity contribution < 1.29 is 9.53 Å². The summed E-state index contributed by atoms with van der Waals surface area (Å²) in [6.07, 6.45) is 0. The molecule has 0 bridgehead atoms. The standard InChI is InChI=1S/C28H26Cl2N6O2/c1-31-27(34-32-2)16-33-28(37)20-6-4-18(5-7-20)17-36-26(21-10-13-23(29)24(30)14-21)15-25(35-36)19-8-11-22(38-3)12-9-19/h4-15H,16-17H2,1-3H3,(H,33,37)/b31-27-,34-32-. The second-order valence-corrected chi connectivity index (χ2v) is 9.06. The summed E-state index contributed by atoms with van der Waals surface area (Å²) in [5, 5.41) is 16.2. The molecular formula is C28H26Cl2N6O2. The van der Waals surface area contributed by atoms with Gasteiger partial charge < -0.3 is 10.1 Å². The van der Waals surface area contributed by atoms with Crippen LogP contribution in [0.1, 0.15) is 15.9 Å². The van der Waals surface area contributed by atoms with E-state index in [4.69, 9.17) is 33.0 Å². The van der Waals surface area contributed by atoms with Crippen molar-refractivity contribution in [1.82, 2.24) is 15.1 Å². The molecule has 4 rings (SSSR count). The number of benzene rings is 3. The molecule has 0 saturated heterocycles. The normalized spacial score (nSPS) is 11.7. The number of carbonyl (C=O) groups excluding carboxylic acids is 1. The van der Waals surface area contributed by atoms with Gasteiger partial charge in [-0.05, 0) is 60.2 Å². The number of ether oxygens (including phenoxy) is 1. The third kappa shape index (κ3) is 6.45. The zero-order valence-electron chi connectivity index (χ0n) is 21.2. The number of aromatic nitrogens is 2. The molecule has 0 spiro atoms. The molecule has 4 aromatic rings. The van der Waals surface area contributed by atoms with Crippen LogP contribution >= 0.6 is 23.2 Å². The average molecular weight is 549 g/mol. The molecule has 1 N–H and O–H groups in total. The molecule has 38 heavy (non-hydrogen) atoms. The van der Waals surface area contributed by atoms with E-state index in [-0.39, 0.29) is 12.5 Å². The van der Waals surface area contributed by atoms with Gasteiger partial charge in [0.25, 0.3) is 5.91 Å². The third-order valence-corrected chi connectivity index (χ3v) is 6.55. The van der Waals surface area contributed by atoms with Crippen LogP contribution in [0.4, 0.5) is 0 Å². The monoisotopic (exact) mass is 548 g/mol. The minimum atomic E-state index is -0.221. The van der Waals surface area contributed by atoms with E-state index in [2.05, 4.69) is 20.5 Å². The Bertz CT molecular complexity index is 1480. The van der Waals surface area contributed by atoms with E-state index in [1.807, 2.05) is 59.3 Å². The second kappa shape index (κ2) is 12.5. The van der Waals surface area contributed by atoms with Crippen molar-refractivity contribution >= 4 is 34.9 Å². The van der Waals surface area contributed by atoms with E-state index in [0.29, 0.717) is 28.0 Å². The number of aliphatic imine (C=N–C) groups is 1. The number of halogens is 2. The molecule has 1 amide bonds. The Morgan fingerprint density at radius 1 is 0.947 bits per heavy atom. The van der Waals surface area contributed by atoms with E-state index in [1.54, 1.807) is 39.4 Å². The van der Waals surface area contributed by atoms with Gasteiger partial charge in [0, 0.05) is 30.8 Å². The highest BCUT2D eigenvalue weighted by Crippen LogP contribution is 2.32. The molecule has 0 saturated carbocycles. The maximum absolute atomic E-state index is 12.6. The van der Waals surface area contributed by atoms with E-state index in [9.17, 15) is 4.79 Å². The Kier molecular flexibility index (Phi) is 8.89. The molecule has 0 aliphatic heterocycles. The molecule has 0 atom stereocenters. The van der Waals surface area contributed by atoms with Crippen LogP contribution in [-0.4, -0.2) is 49.3 Å². The Morgan fingerprint density at radius 2 is 1.66 bits per heavy atom. The van der Waals surface area contributed by atoms with Gasteiger partial charge in [0.1, 0.15) is 5.75 Å². The molecule has 0 aliphatic rings. The molecule has 0 fully saturated rings. The van der Waals surface area contributed by atoms with Gasteiger partial charge in [0.2, 0.25) is 0 Å². The van der Waals surface area contributed by atoms with Crippen LogP contribution in [0.5, 0.6) is 5.75 Å². The van der Waals surface area contributed by atoms with Gasteiger partial charge in [-0.25, -0.2) is 0 Å². The van der Waals surface area contributed by atoms with Crippen LogP contribution in [0, 0.1) is 0 Å². The first-order chi connectivity index (χ1) is 18.4. The molecule has 0 radical (unpaired) electrons. The molecule has 10 heteroatoms. The number of amides is 1. The van der Waals surface area contributed by atoms with Crippen molar-refractivity contribution in [2.24, 2.45) is 15.2 Å². The summed E-state index contributed by atoms with van der Waals surface area (Å²) in [5.41, 5.74) is 5.04. The predicted molar refractivity (Wildman–Crippen MR) is 152 cm³/mol. The molecule has 0 unspecified atom stereocenters. The van der Waals surface area contributed by atoms with Crippen LogP contribution in [0.15, 0.2) is 88.0 Å². The van der Waals surface area contributed by atoms with E-state index in [0.717, 1.165) is 33.8 Å². The van der Waals surface area contributed by atoms with Crippen molar-refractivity contribution in [3.05, 3.63) is 94.0 Å². The molecule has 1 heterocycles. The summed E-state index contributed by atoms with van der Waals surface area (Å²) < 4.78 is 7.19. The lowest BCUT2D eigenvalue weighted by Gasteiger charge is -2.10. The third-order valence-electron chi connectivity index (χ3n) is 5.81. The molecule has 1 aromatic heterocycles. The first kappa shape index (κ1) is 27.0. The van der Waals surface area contributed by atoms with Crippen LogP contribution in [-0.2, 0) is 6.54 Å². The largest absolute Gasteiger partial charge is 0.497 e. The summed E-state index contributed by atoms with van der Waals surface area (Å²) in [4.78, 5) is 16.5. The van der Waals surface area contributed by atoms with Gasteiger partial charge in [-0.3, -0.25) is 14.5 Å². The van der Waals surface area contributed by atoms with E-state index >= 15 is 0 Å². The molecule has 8 nitrogen and oxygen atoms in total. The summed E-state index contributed by atoms with van der Waals surface area (Å²) in [6.45, 7) is 0.681. The number of amidine groups is 1. The number of rotatable bonds is 8. The number of carbonyl (C=O) groups is 1. The topological polar surface area (TPSA) is 93.2 Å². The van der Waals surface area contributed by atoms with Gasteiger partial charge in [-0.1, -0.05) is 41.4 Å². The van der Waals surface area contributed by atoms with E-state index in [1.165, 1.54) is 0 Å². The zero-order chi connectivity index (χ0) is 27.1. The maximum atomic E-state index is 12.6. The summed E-state index contributed by atoms with van der Waals surface area (Å²) in [7, 11) is 4.79. The van der Waals surface area contributed by atoms with Crippen molar-refractivity contribution in [1.29, 1.82) is 0 Å². The van der Waals surface area contributed by atoms with Gasteiger partial charge in [0.05, 0.1) is 41.6 Å². The molecular weight excluding hydrogens is 523 g/mol. The predicted octanol–water partition coefficient (Wildman–Crippen LogP) is 6.42. The number of hydrogen-bond donors (Lipinski definition) is 1. The van der Waals surface area contributed by atoms with Crippen LogP contribution in [0.25, 0.3) is 22.5 Å². The SMILES string of the molecule is C/N=N\C(CNC(=O)c1ccc(Cn2nc(-c3ccc(OC)cc3)cc2-c2ccc(Cl)c(Cl)c2)cc1)=N/C. The van der Waals surface area contributed by atoms with E-state index < -0.39 is 0 Å². The summed E-state index contributed by atoms with van der Waals surface area (Å²) in [6, 6.07) is 22.6. The quantitative estimate of drug-likeness (QED) is 0.156. The van der Waals surface area contributed by atoms with Crippen molar-refractivity contribution in [2.45, 2.75) is 6.54 Å². The van der Waals surface area contributed by atoms with Gasteiger partial charge in [-0.15, -0.1) is 5.11 Å². The first-order valence-electron chi connectivity index (χ1n) is 11.7. The molecule has 3 aromatic carbocycles. The number of methoxy groups -OCH3 is 1. The summed E-state index contributed by atoms with van der Waals surface area (Å²) in [5.74, 6) is 0.995. The first-order valence-corrected chi connectivity index (χ1v) is 12.5. The lowest BCUT2D eigenvalue weighted by Crippen LogP contribution is -2.28. The minimum Gasteiger partial charge on any atom is -0.497 e. The fourth-order valence-electron chi connectivity index (χ4n) is 3.80. The van der Waals surface area contributed by atoms with Crippen molar-refractivity contribution in [3.8, 4) is 28.3 Å². The van der Waals surface area contributed by atoms with Crippen LogP contribution < -0.4 is 10.1 Å². The number of nitrogens with one attached hydrogen (secondary N) is 1. The lowest BCUT2D eigenvalue weighted by molar-refractivity contribution is 0.0959. The Labute approximate surface area is 231 Å². The maximum Gasteiger partial charge on any atom is 0.251 e. The zero-order valence-corrected chi connectivity index (χ0v) is 22.7. The van der Waals surface area contributed by atoms with Crippen molar-refractivity contribution in [3.63, 3.8) is 0 Å². The lowest BCUT2D eigenvalue weighted by atomic mass is 10.1.